The van der Waals surface area contributed by atoms with Crippen LogP contribution in [-0.2, 0) is 53.1 Å². The van der Waals surface area contributed by atoms with E-state index >= 15 is 0 Å². The van der Waals surface area contributed by atoms with E-state index in [0.717, 1.165) is 55.9 Å². The van der Waals surface area contributed by atoms with Crippen LogP contribution in [0, 0.1) is 19.7 Å². The molecule has 11 nitrogen and oxygen atoms in total. The first-order chi connectivity index (χ1) is 26.1. The number of aryl methyl sites for hydroxylation is 6. The van der Waals surface area contributed by atoms with Crippen molar-refractivity contribution in [2.75, 3.05) is 34.0 Å². The molecule has 0 spiro atoms. The van der Waals surface area contributed by atoms with E-state index in [9.17, 15) is 19.4 Å². The van der Waals surface area contributed by atoms with Crippen molar-refractivity contribution in [3.05, 3.63) is 99.0 Å². The van der Waals surface area contributed by atoms with E-state index < -0.39 is 5.97 Å². The molecule has 4 heterocycles. The van der Waals surface area contributed by atoms with Crippen LogP contribution in [0.3, 0.4) is 0 Å². The van der Waals surface area contributed by atoms with Crippen LogP contribution in [0.25, 0.3) is 32.8 Å². The maximum atomic E-state index is 14.0. The zero-order valence-corrected chi connectivity index (χ0v) is 31.7. The number of aliphatic hydroxyl groups is 1. The number of fused-ring (bicyclic) bond motifs is 3. The number of ether oxygens (including phenoxy) is 3. The quantitative estimate of drug-likeness (QED) is 0.111. The predicted molar refractivity (Wildman–Crippen MR) is 205 cm³/mol. The third kappa shape index (κ3) is 7.11. The number of aromatic hydroxyl groups is 1. The molecule has 1 atom stereocenters. The maximum absolute atomic E-state index is 14.0. The van der Waals surface area contributed by atoms with Gasteiger partial charge < -0.3 is 29.0 Å². The molecule has 284 valence electrons. The molecule has 0 saturated heterocycles. The molecule has 1 aliphatic rings. The first kappa shape index (κ1) is 37.6. The molecule has 0 aliphatic carbocycles. The number of benzene rings is 3. The van der Waals surface area contributed by atoms with Crippen LogP contribution in [0.15, 0.2) is 48.5 Å². The predicted octanol–water partition coefficient (Wildman–Crippen LogP) is 7.27. The number of aromatic nitrogens is 5. The summed E-state index contributed by atoms with van der Waals surface area (Å²) in [6.45, 7) is 6.49. The van der Waals surface area contributed by atoms with Gasteiger partial charge in [0.2, 0.25) is 0 Å². The van der Waals surface area contributed by atoms with E-state index in [2.05, 4.69) is 6.07 Å². The minimum Gasteiger partial charge on any atom is -0.507 e. The summed E-state index contributed by atoms with van der Waals surface area (Å²) in [5, 5.41) is 32.8. The number of carbonyl (C=O) groups is 1. The van der Waals surface area contributed by atoms with Gasteiger partial charge >= 0.3 is 5.97 Å². The van der Waals surface area contributed by atoms with Crippen LogP contribution in [0.4, 0.5) is 4.39 Å². The van der Waals surface area contributed by atoms with Crippen molar-refractivity contribution < 1.29 is 33.6 Å². The average molecular weight is 758 g/mol. The fourth-order valence-corrected chi connectivity index (χ4v) is 8.20. The van der Waals surface area contributed by atoms with Crippen molar-refractivity contribution in [3.63, 3.8) is 0 Å². The second kappa shape index (κ2) is 15.9. The van der Waals surface area contributed by atoms with Gasteiger partial charge in [0.1, 0.15) is 23.4 Å². The van der Waals surface area contributed by atoms with Crippen LogP contribution >= 0.6 is 11.6 Å². The minimum absolute atomic E-state index is 0.0156. The molecule has 0 saturated carbocycles. The molecule has 0 amide bonds. The standard InChI is InChI=1S/C41H45ClFN5O6/c1-24-36-33(46(14-5-17-49)39(24)41(51)53-4)12-11-32(42)38(36)37-25(2)44-48-16-19-54-35(40(37)48)13-8-29-23-30(47(45-29)15-18-52-3)9-6-26-20-27-22-28(43)7-10-31(27)34(50)21-26/h7,10-12,20-23,35,49-50H,5-6,8-9,13-19H2,1-4H3. The Morgan fingerprint density at radius 3 is 2.65 bits per heavy atom. The smallest absolute Gasteiger partial charge is 0.354 e. The van der Waals surface area contributed by atoms with Crippen LogP contribution in [0.2, 0.25) is 5.02 Å². The Morgan fingerprint density at radius 1 is 1.04 bits per heavy atom. The van der Waals surface area contributed by atoms with Crippen molar-refractivity contribution in [1.82, 2.24) is 24.1 Å². The number of esters is 1. The third-order valence-corrected chi connectivity index (χ3v) is 10.7. The Balaban J connectivity index is 1.19. The molecule has 1 aliphatic heterocycles. The lowest BCUT2D eigenvalue weighted by atomic mass is 9.93. The molecule has 0 fully saturated rings. The Bertz CT molecular complexity index is 2350. The van der Waals surface area contributed by atoms with Crippen molar-refractivity contribution in [1.29, 1.82) is 0 Å². The number of methoxy groups -OCH3 is 2. The summed E-state index contributed by atoms with van der Waals surface area (Å²) in [5.41, 5.74) is 8.30. The van der Waals surface area contributed by atoms with Crippen LogP contribution < -0.4 is 0 Å². The average Bonchev–Trinajstić information content (AvgIpc) is 3.81. The van der Waals surface area contributed by atoms with Gasteiger partial charge in [0.05, 0.1) is 50.5 Å². The topological polar surface area (TPSA) is 126 Å². The van der Waals surface area contributed by atoms with Crippen molar-refractivity contribution in [3.8, 4) is 16.9 Å². The molecule has 3 aromatic carbocycles. The van der Waals surface area contributed by atoms with Crippen molar-refractivity contribution >= 4 is 39.2 Å². The maximum Gasteiger partial charge on any atom is 0.354 e. The van der Waals surface area contributed by atoms with Crippen molar-refractivity contribution in [2.45, 2.75) is 71.7 Å². The molecular formula is C41H45ClFN5O6. The number of rotatable bonds is 14. The number of halogens is 2. The number of phenolic OH excluding ortho intramolecular Hbond substituents is 1. The minimum atomic E-state index is -0.450. The van der Waals surface area contributed by atoms with Gasteiger partial charge in [-0.2, -0.15) is 10.2 Å². The molecular weight excluding hydrogens is 713 g/mol. The number of phenols is 1. The molecule has 0 bridgehead atoms. The second-order valence-electron chi connectivity index (χ2n) is 13.8. The molecule has 1 unspecified atom stereocenters. The van der Waals surface area contributed by atoms with Crippen molar-refractivity contribution in [2.24, 2.45) is 0 Å². The largest absolute Gasteiger partial charge is 0.507 e. The van der Waals surface area contributed by atoms with Gasteiger partial charge in [0.25, 0.3) is 0 Å². The molecule has 13 heteroatoms. The van der Waals surface area contributed by atoms with E-state index in [1.807, 2.05) is 46.0 Å². The lowest BCUT2D eigenvalue weighted by Crippen LogP contribution is -2.23. The van der Waals surface area contributed by atoms with Gasteiger partial charge in [-0.15, -0.1) is 0 Å². The monoisotopic (exact) mass is 757 g/mol. The summed E-state index contributed by atoms with van der Waals surface area (Å²) in [7, 11) is 3.03. The van der Waals surface area contributed by atoms with Gasteiger partial charge in [-0.25, -0.2) is 9.18 Å². The lowest BCUT2D eigenvalue weighted by Gasteiger charge is -2.26. The highest BCUT2D eigenvalue weighted by Gasteiger charge is 2.32. The van der Waals surface area contributed by atoms with E-state index in [1.54, 1.807) is 19.2 Å². The summed E-state index contributed by atoms with van der Waals surface area (Å²) in [5.74, 6) is -0.660. The number of nitrogens with zero attached hydrogens (tertiary/aromatic N) is 5. The Kier molecular flexibility index (Phi) is 11.1. The highest BCUT2D eigenvalue weighted by Crippen LogP contribution is 2.45. The highest BCUT2D eigenvalue weighted by atomic mass is 35.5. The van der Waals surface area contributed by atoms with E-state index in [1.165, 1.54) is 19.2 Å². The van der Waals surface area contributed by atoms with Crippen LogP contribution in [0.5, 0.6) is 5.75 Å². The fraction of sp³-hybridized carbons (Fsp3) is 0.390. The van der Waals surface area contributed by atoms with E-state index in [0.29, 0.717) is 86.4 Å². The van der Waals surface area contributed by atoms with E-state index in [4.69, 9.17) is 36.0 Å². The zero-order chi connectivity index (χ0) is 38.1. The normalized spacial score (nSPS) is 14.3. The first-order valence-corrected chi connectivity index (χ1v) is 18.7. The first-order valence-electron chi connectivity index (χ1n) is 18.3. The van der Waals surface area contributed by atoms with Gasteiger partial charge in [-0.1, -0.05) is 17.7 Å². The van der Waals surface area contributed by atoms with Gasteiger partial charge in [0.15, 0.2) is 0 Å². The lowest BCUT2D eigenvalue weighted by molar-refractivity contribution is 0.0120. The summed E-state index contributed by atoms with van der Waals surface area (Å²) in [4.78, 5) is 13.1. The molecule has 54 heavy (non-hydrogen) atoms. The highest BCUT2D eigenvalue weighted by molar-refractivity contribution is 6.35. The van der Waals surface area contributed by atoms with Gasteiger partial charge in [-0.3, -0.25) is 9.36 Å². The summed E-state index contributed by atoms with van der Waals surface area (Å²) >= 11 is 7.06. The second-order valence-corrected chi connectivity index (χ2v) is 14.2. The van der Waals surface area contributed by atoms with E-state index in [-0.39, 0.29) is 24.3 Å². The van der Waals surface area contributed by atoms with Gasteiger partial charge in [0, 0.05) is 58.4 Å². The number of hydrogen-bond acceptors (Lipinski definition) is 8. The SMILES string of the molecule is COCCn1nc(CCC2OCCn3nc(C)c(-c4c(Cl)ccc5c4c(C)c(C(=O)OC)n5CCCO)c32)cc1CCc1cc(O)c2ccc(F)cc2c1. The van der Waals surface area contributed by atoms with Gasteiger partial charge in [-0.05, 0) is 105 Å². The fourth-order valence-electron chi connectivity index (χ4n) is 7.95. The summed E-state index contributed by atoms with van der Waals surface area (Å²) < 4.78 is 36.9. The zero-order valence-electron chi connectivity index (χ0n) is 31.0. The molecule has 6 aromatic rings. The third-order valence-electron chi connectivity index (χ3n) is 10.4. The summed E-state index contributed by atoms with van der Waals surface area (Å²) in [6, 6.07) is 13.9. The number of aliphatic hydroxyl groups excluding tert-OH is 1. The Hall–Kier alpha value is -4.75. The molecule has 0 radical (unpaired) electrons. The summed E-state index contributed by atoms with van der Waals surface area (Å²) in [6.07, 6.45) is 2.75. The molecule has 7 rings (SSSR count). The molecule has 3 aromatic heterocycles. The molecule has 2 N–H and O–H groups in total. The Morgan fingerprint density at radius 2 is 1.87 bits per heavy atom. The van der Waals surface area contributed by atoms with Crippen LogP contribution in [-0.4, -0.2) is 74.4 Å². The number of hydrogen-bond donors (Lipinski definition) is 2. The number of carbonyl (C=O) groups excluding carboxylic acids is 1. The van der Waals surface area contributed by atoms with Crippen LogP contribution in [0.1, 0.15) is 63.3 Å². The Labute approximate surface area is 317 Å².